The Labute approximate surface area is 193 Å². The number of halogens is 3. The Hall–Kier alpha value is -1.72. The second-order valence-electron chi connectivity index (χ2n) is 6.85. The molecule has 30 heavy (non-hydrogen) atoms. The van der Waals surface area contributed by atoms with Gasteiger partial charge in [-0.25, -0.2) is 8.78 Å². The molecular formula is C21H29F2IN4O2. The van der Waals surface area contributed by atoms with Crippen LogP contribution in [0.3, 0.4) is 0 Å². The van der Waals surface area contributed by atoms with Gasteiger partial charge in [-0.15, -0.1) is 24.0 Å². The standard InChI is InChI=1S/C21H28F2N4O2.HI/c22-18-3-4-20(23)17(16-18)5-7-24-21(25-8-6-19-2-1-13-29-19)26-9-10-27-11-14-28-15-12-27;/h1-4,13,16H,5-12,14-15H2,(H2,24,25,26);1H. The van der Waals surface area contributed by atoms with E-state index >= 15 is 0 Å². The zero-order valence-corrected chi connectivity index (χ0v) is 19.2. The van der Waals surface area contributed by atoms with E-state index in [1.807, 2.05) is 12.1 Å². The number of guanidine groups is 1. The third-order valence-corrected chi connectivity index (χ3v) is 4.73. The number of aliphatic imine (C=N–C) groups is 1. The molecular weight excluding hydrogens is 505 g/mol. The average Bonchev–Trinajstić information content (AvgIpc) is 3.24. The van der Waals surface area contributed by atoms with Crippen molar-refractivity contribution in [2.45, 2.75) is 12.8 Å². The van der Waals surface area contributed by atoms with Gasteiger partial charge in [-0.3, -0.25) is 9.89 Å². The minimum absolute atomic E-state index is 0. The van der Waals surface area contributed by atoms with E-state index in [-0.39, 0.29) is 24.0 Å². The highest BCUT2D eigenvalue weighted by Crippen LogP contribution is 2.09. The molecule has 1 fully saturated rings. The number of furan rings is 1. The van der Waals surface area contributed by atoms with Crippen molar-refractivity contribution in [3.63, 3.8) is 0 Å². The molecule has 0 unspecified atom stereocenters. The van der Waals surface area contributed by atoms with Crippen LogP contribution in [0.15, 0.2) is 46.0 Å². The zero-order chi connectivity index (χ0) is 20.3. The molecule has 0 radical (unpaired) electrons. The maximum Gasteiger partial charge on any atom is 0.191 e. The number of morpholine rings is 1. The molecule has 1 saturated heterocycles. The molecule has 0 saturated carbocycles. The van der Waals surface area contributed by atoms with E-state index in [2.05, 4.69) is 20.5 Å². The Kier molecular flexibility index (Phi) is 11.1. The van der Waals surface area contributed by atoms with E-state index in [0.717, 1.165) is 57.2 Å². The van der Waals surface area contributed by atoms with Crippen LogP contribution < -0.4 is 10.6 Å². The van der Waals surface area contributed by atoms with E-state index < -0.39 is 11.6 Å². The molecule has 1 aromatic heterocycles. The third-order valence-electron chi connectivity index (χ3n) is 4.73. The fraction of sp³-hybridized carbons (Fsp3) is 0.476. The van der Waals surface area contributed by atoms with Crippen molar-refractivity contribution in [3.05, 3.63) is 59.6 Å². The summed E-state index contributed by atoms with van der Waals surface area (Å²) in [6.07, 6.45) is 2.75. The van der Waals surface area contributed by atoms with Crippen LogP contribution in [0, 0.1) is 11.6 Å². The first kappa shape index (κ1) is 24.5. The zero-order valence-electron chi connectivity index (χ0n) is 16.9. The van der Waals surface area contributed by atoms with Crippen molar-refractivity contribution in [2.24, 2.45) is 4.99 Å². The first-order chi connectivity index (χ1) is 14.2. The predicted molar refractivity (Wildman–Crippen MR) is 123 cm³/mol. The van der Waals surface area contributed by atoms with Gasteiger partial charge in [0.25, 0.3) is 0 Å². The summed E-state index contributed by atoms with van der Waals surface area (Å²) in [7, 11) is 0. The summed E-state index contributed by atoms with van der Waals surface area (Å²) in [6.45, 7) is 5.96. The lowest BCUT2D eigenvalue weighted by atomic mass is 10.1. The molecule has 0 aliphatic carbocycles. The topological polar surface area (TPSA) is 62.0 Å². The molecule has 1 aliphatic heterocycles. The number of hydrogen-bond donors (Lipinski definition) is 2. The van der Waals surface area contributed by atoms with Crippen molar-refractivity contribution >= 4 is 29.9 Å². The van der Waals surface area contributed by atoms with Crippen LogP contribution >= 0.6 is 24.0 Å². The number of nitrogens with zero attached hydrogens (tertiary/aromatic N) is 2. The van der Waals surface area contributed by atoms with Crippen LogP contribution in [0.2, 0.25) is 0 Å². The summed E-state index contributed by atoms with van der Waals surface area (Å²) < 4.78 is 37.8. The third kappa shape index (κ3) is 8.57. The first-order valence-corrected chi connectivity index (χ1v) is 9.99. The number of hydrogen-bond acceptors (Lipinski definition) is 4. The molecule has 166 valence electrons. The van der Waals surface area contributed by atoms with Crippen molar-refractivity contribution in [3.8, 4) is 0 Å². The minimum atomic E-state index is -0.433. The first-order valence-electron chi connectivity index (χ1n) is 9.99. The minimum Gasteiger partial charge on any atom is -0.469 e. The molecule has 2 aromatic rings. The maximum atomic E-state index is 13.8. The van der Waals surface area contributed by atoms with Gasteiger partial charge in [-0.05, 0) is 42.3 Å². The molecule has 2 N–H and O–H groups in total. The smallest absolute Gasteiger partial charge is 0.191 e. The van der Waals surface area contributed by atoms with Gasteiger partial charge in [0.2, 0.25) is 0 Å². The lowest BCUT2D eigenvalue weighted by Crippen LogP contribution is -2.41. The molecule has 0 amide bonds. The second-order valence-corrected chi connectivity index (χ2v) is 6.85. The predicted octanol–water partition coefficient (Wildman–Crippen LogP) is 2.83. The Balaban J connectivity index is 0.00000320. The number of ether oxygens (including phenoxy) is 1. The largest absolute Gasteiger partial charge is 0.469 e. The molecule has 9 heteroatoms. The number of benzene rings is 1. The Morgan fingerprint density at radius 3 is 2.57 bits per heavy atom. The summed E-state index contributed by atoms with van der Waals surface area (Å²) in [5, 5.41) is 6.48. The number of rotatable bonds is 9. The van der Waals surface area contributed by atoms with Crippen molar-refractivity contribution in [1.29, 1.82) is 0 Å². The van der Waals surface area contributed by atoms with E-state index in [9.17, 15) is 8.78 Å². The van der Waals surface area contributed by atoms with Crippen LogP contribution in [0.5, 0.6) is 0 Å². The fourth-order valence-electron chi connectivity index (χ4n) is 3.11. The van der Waals surface area contributed by atoms with E-state index in [0.29, 0.717) is 37.6 Å². The highest BCUT2D eigenvalue weighted by molar-refractivity contribution is 14.0. The van der Waals surface area contributed by atoms with Crippen LogP contribution in [-0.2, 0) is 17.6 Å². The van der Waals surface area contributed by atoms with Crippen molar-refractivity contribution < 1.29 is 17.9 Å². The van der Waals surface area contributed by atoms with Crippen LogP contribution in [-0.4, -0.2) is 63.3 Å². The molecule has 0 spiro atoms. The fourth-order valence-corrected chi connectivity index (χ4v) is 3.11. The van der Waals surface area contributed by atoms with Gasteiger partial charge in [-0.2, -0.15) is 0 Å². The lowest BCUT2D eigenvalue weighted by molar-refractivity contribution is 0.0394. The second kappa shape index (κ2) is 13.6. The molecule has 2 heterocycles. The van der Waals surface area contributed by atoms with E-state index in [1.165, 1.54) is 6.07 Å². The highest BCUT2D eigenvalue weighted by Gasteiger charge is 2.10. The van der Waals surface area contributed by atoms with Gasteiger partial charge in [0.1, 0.15) is 17.4 Å². The summed E-state index contributed by atoms with van der Waals surface area (Å²) >= 11 is 0. The number of nitrogens with one attached hydrogen (secondary N) is 2. The molecule has 0 bridgehead atoms. The summed E-state index contributed by atoms with van der Waals surface area (Å²) in [6, 6.07) is 7.30. The van der Waals surface area contributed by atoms with Crippen LogP contribution in [0.25, 0.3) is 0 Å². The normalized spacial score (nSPS) is 14.9. The quantitative estimate of drug-likeness (QED) is 0.295. The van der Waals surface area contributed by atoms with Crippen LogP contribution in [0.1, 0.15) is 11.3 Å². The van der Waals surface area contributed by atoms with Crippen LogP contribution in [0.4, 0.5) is 8.78 Å². The van der Waals surface area contributed by atoms with E-state index in [1.54, 1.807) is 6.26 Å². The summed E-state index contributed by atoms with van der Waals surface area (Å²) in [4.78, 5) is 6.94. The van der Waals surface area contributed by atoms with Gasteiger partial charge < -0.3 is 19.8 Å². The maximum absolute atomic E-state index is 13.8. The summed E-state index contributed by atoms with van der Waals surface area (Å²) in [5.74, 6) is 0.718. The Morgan fingerprint density at radius 1 is 1.07 bits per heavy atom. The van der Waals surface area contributed by atoms with Gasteiger partial charge in [0, 0.05) is 39.1 Å². The van der Waals surface area contributed by atoms with Gasteiger partial charge >= 0.3 is 0 Å². The molecule has 1 aliphatic rings. The monoisotopic (exact) mass is 534 g/mol. The van der Waals surface area contributed by atoms with Crippen molar-refractivity contribution in [2.75, 3.05) is 52.5 Å². The van der Waals surface area contributed by atoms with Crippen molar-refractivity contribution in [1.82, 2.24) is 15.5 Å². The lowest BCUT2D eigenvalue weighted by Gasteiger charge is -2.25. The van der Waals surface area contributed by atoms with Gasteiger partial charge in [0.15, 0.2) is 5.96 Å². The molecule has 6 nitrogen and oxygen atoms in total. The average molecular weight is 534 g/mol. The molecule has 1 aromatic carbocycles. The van der Waals surface area contributed by atoms with E-state index in [4.69, 9.17) is 9.15 Å². The molecule has 3 rings (SSSR count). The molecule has 0 atom stereocenters. The van der Waals surface area contributed by atoms with Gasteiger partial charge in [0.05, 0.1) is 26.0 Å². The summed E-state index contributed by atoms with van der Waals surface area (Å²) in [5.41, 5.74) is 0.348. The Morgan fingerprint density at radius 2 is 1.83 bits per heavy atom. The SMILES string of the molecule is Fc1ccc(F)c(CCNC(=NCCN2CCOCC2)NCCc2ccco2)c1.I. The Bertz CT molecular complexity index is 768. The van der Waals surface area contributed by atoms with Gasteiger partial charge in [-0.1, -0.05) is 0 Å². The highest BCUT2D eigenvalue weighted by atomic mass is 127.